The van der Waals surface area contributed by atoms with Crippen molar-refractivity contribution >= 4 is 28.5 Å². The van der Waals surface area contributed by atoms with Crippen LogP contribution < -0.4 is 20.5 Å². The summed E-state index contributed by atoms with van der Waals surface area (Å²) in [7, 11) is 3.29. The Balaban J connectivity index is 1.58. The second kappa shape index (κ2) is 7.79. The van der Waals surface area contributed by atoms with Gasteiger partial charge in [0, 0.05) is 31.4 Å². The summed E-state index contributed by atoms with van der Waals surface area (Å²) in [6.07, 6.45) is 1.27. The maximum atomic E-state index is 13.3. The molecular weight excluding hydrogens is 420 g/mol. The maximum Gasteiger partial charge on any atom is 0.337 e. The molecule has 3 atom stereocenters. The van der Waals surface area contributed by atoms with Gasteiger partial charge in [-0.2, -0.15) is 0 Å². The van der Waals surface area contributed by atoms with Gasteiger partial charge < -0.3 is 20.1 Å². The first kappa shape index (κ1) is 21.3. The van der Waals surface area contributed by atoms with Gasteiger partial charge in [-0.1, -0.05) is 6.07 Å². The fourth-order valence-electron chi connectivity index (χ4n) is 4.98. The molecule has 0 bridgehead atoms. The Kier molecular flexibility index (Phi) is 5.03. The lowest BCUT2D eigenvalue weighted by molar-refractivity contribution is 0.0697. The molecule has 1 saturated carbocycles. The van der Waals surface area contributed by atoms with Crippen LogP contribution in [-0.4, -0.2) is 40.8 Å². The lowest BCUT2D eigenvalue weighted by Gasteiger charge is -2.24. The molecule has 1 saturated heterocycles. The van der Waals surface area contributed by atoms with Crippen LogP contribution >= 0.6 is 0 Å². The first-order valence-electron chi connectivity index (χ1n) is 11.2. The number of rotatable bonds is 6. The third-order valence-electron chi connectivity index (χ3n) is 6.89. The highest BCUT2D eigenvalue weighted by Gasteiger charge is 2.46. The predicted molar refractivity (Wildman–Crippen MR) is 128 cm³/mol. The number of aryl methyl sites for hydroxylation is 1. The Morgan fingerprint density at radius 3 is 2.64 bits per heavy atom. The summed E-state index contributed by atoms with van der Waals surface area (Å²) in [5.41, 5.74) is 3.01. The molecule has 8 heteroatoms. The Hall–Kier alpha value is -3.55. The number of aromatic carboxylic acids is 1. The van der Waals surface area contributed by atoms with Crippen LogP contribution in [0, 0.1) is 18.8 Å². The molecule has 0 radical (unpaired) electrons. The molecule has 8 nitrogen and oxygen atoms in total. The fraction of sp³-hybridized carbons (Fsp3) is 0.400. The van der Waals surface area contributed by atoms with E-state index in [9.17, 15) is 14.7 Å². The molecule has 2 heterocycles. The van der Waals surface area contributed by atoms with E-state index in [1.807, 2.05) is 26.0 Å². The van der Waals surface area contributed by atoms with Gasteiger partial charge in [0.25, 0.3) is 5.56 Å². The summed E-state index contributed by atoms with van der Waals surface area (Å²) in [4.78, 5) is 32.3. The summed E-state index contributed by atoms with van der Waals surface area (Å²) >= 11 is 0. The van der Waals surface area contributed by atoms with Crippen molar-refractivity contribution in [1.82, 2.24) is 9.55 Å². The molecule has 0 spiro atoms. The van der Waals surface area contributed by atoms with E-state index in [1.54, 1.807) is 23.7 Å². The smallest absolute Gasteiger partial charge is 0.337 e. The number of fused-ring (bicyclic) bond motifs is 2. The molecule has 2 aromatic carbocycles. The zero-order valence-electron chi connectivity index (χ0n) is 19.3. The van der Waals surface area contributed by atoms with Gasteiger partial charge >= 0.3 is 5.97 Å². The van der Waals surface area contributed by atoms with Crippen LogP contribution in [0.3, 0.4) is 0 Å². The van der Waals surface area contributed by atoms with Crippen LogP contribution in [0.15, 0.2) is 35.1 Å². The minimum atomic E-state index is -1.04. The van der Waals surface area contributed by atoms with Crippen molar-refractivity contribution in [3.8, 4) is 5.75 Å². The molecule has 0 amide bonds. The number of anilines is 2. The highest BCUT2D eigenvalue weighted by atomic mass is 16.5. The molecule has 1 aliphatic carbocycles. The molecule has 2 fully saturated rings. The van der Waals surface area contributed by atoms with Gasteiger partial charge in [-0.3, -0.25) is 9.36 Å². The minimum Gasteiger partial charge on any atom is -0.497 e. The van der Waals surface area contributed by atoms with Crippen molar-refractivity contribution in [3.05, 3.63) is 57.4 Å². The molecule has 2 N–H and O–H groups in total. The van der Waals surface area contributed by atoms with Crippen molar-refractivity contribution in [2.75, 3.05) is 30.4 Å². The molecule has 1 aromatic heterocycles. The first-order chi connectivity index (χ1) is 15.8. The van der Waals surface area contributed by atoms with Gasteiger partial charge in [-0.25, -0.2) is 9.78 Å². The third kappa shape index (κ3) is 3.69. The predicted octanol–water partition coefficient (Wildman–Crippen LogP) is 3.58. The van der Waals surface area contributed by atoms with Gasteiger partial charge in [0.15, 0.2) is 0 Å². The molecule has 2 aliphatic rings. The van der Waals surface area contributed by atoms with Crippen molar-refractivity contribution in [2.45, 2.75) is 26.3 Å². The average Bonchev–Trinajstić information content (AvgIpc) is 3.40. The Morgan fingerprint density at radius 1 is 1.24 bits per heavy atom. The third-order valence-corrected chi connectivity index (χ3v) is 6.89. The number of ether oxygens (including phenoxy) is 1. The highest BCUT2D eigenvalue weighted by Crippen LogP contribution is 2.46. The topological polar surface area (TPSA) is 96.7 Å². The van der Waals surface area contributed by atoms with Gasteiger partial charge in [0.1, 0.15) is 5.75 Å². The lowest BCUT2D eigenvalue weighted by atomic mass is 10.0. The summed E-state index contributed by atoms with van der Waals surface area (Å²) in [6.45, 7) is 5.79. The van der Waals surface area contributed by atoms with Gasteiger partial charge in [-0.05, 0) is 61.9 Å². The number of carboxylic acid groups (broad SMARTS) is 1. The van der Waals surface area contributed by atoms with E-state index < -0.39 is 5.97 Å². The highest BCUT2D eigenvalue weighted by molar-refractivity contribution is 5.95. The number of aromatic nitrogens is 2. The lowest BCUT2D eigenvalue weighted by Crippen LogP contribution is -2.31. The van der Waals surface area contributed by atoms with Crippen molar-refractivity contribution in [2.24, 2.45) is 18.9 Å². The van der Waals surface area contributed by atoms with Crippen LogP contribution in [0.1, 0.15) is 40.9 Å². The summed E-state index contributed by atoms with van der Waals surface area (Å²) < 4.78 is 6.83. The van der Waals surface area contributed by atoms with Gasteiger partial charge in [0.05, 0.1) is 29.6 Å². The summed E-state index contributed by atoms with van der Waals surface area (Å²) in [5, 5.41) is 13.6. The van der Waals surface area contributed by atoms with Gasteiger partial charge in [0.2, 0.25) is 5.95 Å². The average molecular weight is 449 g/mol. The van der Waals surface area contributed by atoms with E-state index in [0.29, 0.717) is 28.3 Å². The summed E-state index contributed by atoms with van der Waals surface area (Å²) in [5.74, 6) is 1.58. The molecule has 3 aromatic rings. The van der Waals surface area contributed by atoms with Crippen molar-refractivity contribution in [3.63, 3.8) is 0 Å². The Labute approximate surface area is 191 Å². The number of carbonyl (C=O) groups is 1. The van der Waals surface area contributed by atoms with Crippen molar-refractivity contribution < 1.29 is 14.6 Å². The molecule has 3 unspecified atom stereocenters. The number of nitrogens with zero attached hydrogens (tertiary/aromatic N) is 3. The van der Waals surface area contributed by atoms with E-state index in [4.69, 9.17) is 9.72 Å². The van der Waals surface area contributed by atoms with E-state index in [2.05, 4.69) is 10.2 Å². The zero-order valence-corrected chi connectivity index (χ0v) is 19.3. The van der Waals surface area contributed by atoms with Crippen LogP contribution in [-0.2, 0) is 7.05 Å². The van der Waals surface area contributed by atoms with Crippen LogP contribution in [0.5, 0.6) is 5.75 Å². The fourth-order valence-corrected chi connectivity index (χ4v) is 4.98. The molecule has 1 aliphatic heterocycles. The van der Waals surface area contributed by atoms with E-state index in [0.717, 1.165) is 36.1 Å². The maximum absolute atomic E-state index is 13.3. The number of carboxylic acids is 1. The number of methoxy groups -OCH3 is 1. The van der Waals surface area contributed by atoms with Crippen LogP contribution in [0.2, 0.25) is 0 Å². The molecule has 172 valence electrons. The standard InChI is InChI=1S/C25H28N4O4/c1-13-7-18(14(2)26-21-6-5-17(33-4)10-19(21)24(31)32)22-20(8-13)23(30)28(3)25(27-22)29-11-15-9-16(15)12-29/h5-8,10,14-16,26H,9,11-12H2,1-4H3,(H,31,32). The number of hydrogen-bond donors (Lipinski definition) is 2. The largest absolute Gasteiger partial charge is 0.497 e. The number of hydrogen-bond acceptors (Lipinski definition) is 6. The number of benzene rings is 2. The Bertz CT molecular complexity index is 1320. The SMILES string of the molecule is COc1ccc(NC(C)c2cc(C)cc3c(=O)n(C)c(N4CC5CC5C4)nc23)c(C(=O)O)c1. The van der Waals surface area contributed by atoms with Crippen LogP contribution in [0.4, 0.5) is 11.6 Å². The second-order valence-electron chi connectivity index (χ2n) is 9.27. The second-order valence-corrected chi connectivity index (χ2v) is 9.27. The molecule has 33 heavy (non-hydrogen) atoms. The zero-order chi connectivity index (χ0) is 23.4. The first-order valence-corrected chi connectivity index (χ1v) is 11.2. The van der Waals surface area contributed by atoms with Gasteiger partial charge in [-0.15, -0.1) is 0 Å². The van der Waals surface area contributed by atoms with E-state index in [1.165, 1.54) is 19.6 Å². The minimum absolute atomic E-state index is 0.0663. The molecular formula is C25H28N4O4. The van der Waals surface area contributed by atoms with E-state index >= 15 is 0 Å². The Morgan fingerprint density at radius 2 is 1.97 bits per heavy atom. The van der Waals surface area contributed by atoms with Crippen LogP contribution in [0.25, 0.3) is 10.9 Å². The number of piperidine rings is 1. The molecule has 5 rings (SSSR count). The van der Waals surface area contributed by atoms with E-state index in [-0.39, 0.29) is 17.2 Å². The normalized spacial score (nSPS) is 19.9. The quantitative estimate of drug-likeness (QED) is 0.595. The summed E-state index contributed by atoms with van der Waals surface area (Å²) in [6, 6.07) is 8.53. The monoisotopic (exact) mass is 448 g/mol. The van der Waals surface area contributed by atoms with Crippen molar-refractivity contribution in [1.29, 1.82) is 0 Å². The number of nitrogens with one attached hydrogen (secondary N) is 1.